The number of thiophene rings is 1. The van der Waals surface area contributed by atoms with Gasteiger partial charge in [0.15, 0.2) is 5.82 Å². The van der Waals surface area contributed by atoms with Crippen LogP contribution in [-0.4, -0.2) is 50.1 Å². The molecular formula is C26H21N9OS. The molecule has 11 heteroatoms. The summed E-state index contributed by atoms with van der Waals surface area (Å²) >= 11 is 1.41. The summed E-state index contributed by atoms with van der Waals surface area (Å²) in [6.45, 7) is 0. The molecule has 3 N–H and O–H groups in total. The van der Waals surface area contributed by atoms with Crippen molar-refractivity contribution in [2.24, 2.45) is 0 Å². The van der Waals surface area contributed by atoms with E-state index in [1.807, 2.05) is 62.6 Å². The first kappa shape index (κ1) is 22.6. The van der Waals surface area contributed by atoms with Crippen molar-refractivity contribution in [3.05, 3.63) is 78.1 Å². The lowest BCUT2D eigenvalue weighted by Gasteiger charge is -2.10. The van der Waals surface area contributed by atoms with Crippen LogP contribution in [0.25, 0.3) is 32.4 Å². The number of aromatic amines is 1. The Morgan fingerprint density at radius 2 is 1.78 bits per heavy atom. The number of aromatic nitrogens is 6. The number of hydrogen-bond acceptors (Lipinski definition) is 9. The van der Waals surface area contributed by atoms with Crippen LogP contribution in [0.1, 0.15) is 9.67 Å². The Morgan fingerprint density at radius 3 is 2.68 bits per heavy atom. The van der Waals surface area contributed by atoms with Gasteiger partial charge in [0, 0.05) is 47.8 Å². The Morgan fingerprint density at radius 1 is 0.919 bits per heavy atom. The normalized spacial score (nSPS) is 11.1. The second-order valence-corrected chi connectivity index (χ2v) is 9.60. The van der Waals surface area contributed by atoms with Crippen molar-refractivity contribution in [2.45, 2.75) is 0 Å². The second kappa shape index (κ2) is 9.28. The predicted octanol–water partition coefficient (Wildman–Crippen LogP) is 5.09. The van der Waals surface area contributed by atoms with Crippen LogP contribution in [0.2, 0.25) is 0 Å². The summed E-state index contributed by atoms with van der Waals surface area (Å²) < 4.78 is 0.965. The minimum Gasteiger partial charge on any atom is -0.347 e. The molecule has 0 atom stereocenters. The molecule has 10 nitrogen and oxygen atoms in total. The van der Waals surface area contributed by atoms with Crippen molar-refractivity contribution in [3.63, 3.8) is 0 Å². The van der Waals surface area contributed by atoms with Crippen LogP contribution < -0.4 is 15.5 Å². The third kappa shape index (κ3) is 4.67. The first-order valence-electron chi connectivity index (χ1n) is 11.4. The van der Waals surface area contributed by atoms with Crippen molar-refractivity contribution < 1.29 is 4.79 Å². The summed E-state index contributed by atoms with van der Waals surface area (Å²) in [6, 6.07) is 17.2. The van der Waals surface area contributed by atoms with Crippen molar-refractivity contribution >= 4 is 61.5 Å². The second-order valence-electron chi connectivity index (χ2n) is 8.52. The maximum atomic E-state index is 12.9. The predicted molar refractivity (Wildman–Crippen MR) is 147 cm³/mol. The molecule has 2 aromatic carbocycles. The molecule has 0 aliphatic carbocycles. The van der Waals surface area contributed by atoms with Crippen LogP contribution in [0, 0.1) is 0 Å². The van der Waals surface area contributed by atoms with Crippen LogP contribution in [0.5, 0.6) is 0 Å². The molecule has 0 aliphatic heterocycles. The van der Waals surface area contributed by atoms with Gasteiger partial charge in [-0.05, 0) is 47.9 Å². The molecular weight excluding hydrogens is 486 g/mol. The van der Waals surface area contributed by atoms with Crippen molar-refractivity contribution in [2.75, 3.05) is 29.6 Å². The van der Waals surface area contributed by atoms with Gasteiger partial charge in [-0.3, -0.25) is 9.89 Å². The molecule has 0 saturated heterocycles. The minimum atomic E-state index is -0.219. The zero-order chi connectivity index (χ0) is 25.4. The Hall–Kier alpha value is -4.90. The minimum absolute atomic E-state index is 0.219. The number of carbonyl (C=O) groups excluding carboxylic acids is 1. The lowest BCUT2D eigenvalue weighted by atomic mass is 10.1. The number of hydrogen-bond donors (Lipinski definition) is 3. The SMILES string of the molecule is CN(C)c1nccc(NC(=O)c2cc3ccc(-c4nccc(Nc5ccc6[nH]ncc6c5)n4)cc3s2)n1. The van der Waals surface area contributed by atoms with Crippen LogP contribution in [0.4, 0.5) is 23.3 Å². The van der Waals surface area contributed by atoms with E-state index in [0.717, 1.165) is 32.2 Å². The van der Waals surface area contributed by atoms with Crippen LogP contribution in [-0.2, 0) is 0 Å². The largest absolute Gasteiger partial charge is 0.347 e. The van der Waals surface area contributed by atoms with Gasteiger partial charge in [0.2, 0.25) is 5.95 Å². The number of anilines is 4. The fourth-order valence-corrected chi connectivity index (χ4v) is 4.83. The van der Waals surface area contributed by atoms with E-state index in [2.05, 4.69) is 35.8 Å². The smallest absolute Gasteiger partial charge is 0.266 e. The zero-order valence-corrected chi connectivity index (χ0v) is 20.7. The van der Waals surface area contributed by atoms with E-state index in [1.54, 1.807) is 29.6 Å². The molecule has 0 spiro atoms. The van der Waals surface area contributed by atoms with Gasteiger partial charge in [-0.15, -0.1) is 11.3 Å². The molecule has 4 aromatic heterocycles. The average Bonchev–Trinajstić information content (AvgIpc) is 3.55. The Balaban J connectivity index is 1.23. The fraction of sp³-hybridized carbons (Fsp3) is 0.0769. The molecule has 37 heavy (non-hydrogen) atoms. The average molecular weight is 508 g/mol. The van der Waals surface area contributed by atoms with E-state index < -0.39 is 0 Å². The third-order valence-corrected chi connectivity index (χ3v) is 6.75. The highest BCUT2D eigenvalue weighted by atomic mass is 32.1. The number of carbonyl (C=O) groups is 1. The van der Waals surface area contributed by atoms with Gasteiger partial charge < -0.3 is 15.5 Å². The number of nitrogens with zero attached hydrogens (tertiary/aromatic N) is 6. The van der Waals surface area contributed by atoms with E-state index in [9.17, 15) is 4.79 Å². The zero-order valence-electron chi connectivity index (χ0n) is 19.9. The maximum absolute atomic E-state index is 12.9. The van der Waals surface area contributed by atoms with Gasteiger partial charge in [-0.25, -0.2) is 15.0 Å². The molecule has 0 unspecified atom stereocenters. The van der Waals surface area contributed by atoms with Crippen LogP contribution in [0.15, 0.2) is 73.2 Å². The van der Waals surface area contributed by atoms with Crippen molar-refractivity contribution in [1.82, 2.24) is 30.1 Å². The quantitative estimate of drug-likeness (QED) is 0.285. The third-order valence-electron chi connectivity index (χ3n) is 5.65. The molecule has 0 aliphatic rings. The van der Waals surface area contributed by atoms with Crippen LogP contribution in [0.3, 0.4) is 0 Å². The van der Waals surface area contributed by atoms with E-state index in [-0.39, 0.29) is 5.91 Å². The lowest BCUT2D eigenvalue weighted by Crippen LogP contribution is -2.16. The Labute approximate surface area is 215 Å². The van der Waals surface area contributed by atoms with Gasteiger partial charge in [0.1, 0.15) is 11.6 Å². The van der Waals surface area contributed by atoms with Gasteiger partial charge in [0.05, 0.1) is 16.6 Å². The lowest BCUT2D eigenvalue weighted by molar-refractivity contribution is 0.103. The summed E-state index contributed by atoms with van der Waals surface area (Å²) in [5.41, 5.74) is 2.74. The van der Waals surface area contributed by atoms with Crippen LogP contribution >= 0.6 is 11.3 Å². The molecule has 0 fully saturated rings. The van der Waals surface area contributed by atoms with Gasteiger partial charge in [-0.2, -0.15) is 10.1 Å². The molecule has 0 saturated carbocycles. The monoisotopic (exact) mass is 507 g/mol. The van der Waals surface area contributed by atoms with E-state index >= 15 is 0 Å². The summed E-state index contributed by atoms with van der Waals surface area (Å²) in [6.07, 6.45) is 5.13. The van der Waals surface area contributed by atoms with Crippen molar-refractivity contribution in [3.8, 4) is 11.4 Å². The molecule has 182 valence electrons. The molecule has 1 amide bonds. The first-order valence-corrected chi connectivity index (χ1v) is 12.2. The van der Waals surface area contributed by atoms with E-state index in [4.69, 9.17) is 4.98 Å². The number of amides is 1. The summed E-state index contributed by atoms with van der Waals surface area (Å²) in [4.78, 5) is 32.9. The maximum Gasteiger partial charge on any atom is 0.266 e. The number of H-pyrrole nitrogens is 1. The van der Waals surface area contributed by atoms with Gasteiger partial charge >= 0.3 is 0 Å². The topological polar surface area (TPSA) is 125 Å². The Kier molecular flexibility index (Phi) is 5.66. The Bertz CT molecular complexity index is 1760. The highest BCUT2D eigenvalue weighted by Crippen LogP contribution is 2.30. The van der Waals surface area contributed by atoms with Gasteiger partial charge in [0.25, 0.3) is 5.91 Å². The van der Waals surface area contributed by atoms with E-state index in [0.29, 0.717) is 28.3 Å². The molecule has 0 radical (unpaired) electrons. The van der Waals surface area contributed by atoms with E-state index in [1.165, 1.54) is 11.3 Å². The number of fused-ring (bicyclic) bond motifs is 2. The first-order chi connectivity index (χ1) is 18.0. The van der Waals surface area contributed by atoms with Gasteiger partial charge in [-0.1, -0.05) is 12.1 Å². The number of benzene rings is 2. The molecule has 6 aromatic rings. The molecule has 4 heterocycles. The highest BCUT2D eigenvalue weighted by molar-refractivity contribution is 7.21. The molecule has 6 rings (SSSR count). The number of rotatable bonds is 6. The summed E-state index contributed by atoms with van der Waals surface area (Å²) in [5.74, 6) is 2.03. The standard InChI is InChI=1S/C26H21N9OS/c1-35(2)26-28-10-8-23(33-26)32-25(36)21-12-15-3-4-16(13-20(15)37-21)24-27-9-7-22(31-24)30-18-5-6-19-17(11-18)14-29-34-19/h3-14H,1-2H3,(H,29,34)(H,27,30,31)(H,28,32,33,36). The highest BCUT2D eigenvalue weighted by Gasteiger charge is 2.14. The fourth-order valence-electron chi connectivity index (χ4n) is 3.83. The van der Waals surface area contributed by atoms with Crippen molar-refractivity contribution in [1.29, 1.82) is 0 Å². The number of nitrogens with one attached hydrogen (secondary N) is 3. The molecule has 0 bridgehead atoms. The summed E-state index contributed by atoms with van der Waals surface area (Å²) in [5, 5.41) is 15.2. The summed E-state index contributed by atoms with van der Waals surface area (Å²) in [7, 11) is 3.69.